The van der Waals surface area contributed by atoms with Gasteiger partial charge in [-0.1, -0.05) is 81.6 Å². The Morgan fingerprint density at radius 3 is 2.10 bits per heavy atom. The summed E-state index contributed by atoms with van der Waals surface area (Å²) in [7, 11) is -4.11. The molecule has 0 radical (unpaired) electrons. The molecule has 0 saturated carbocycles. The lowest BCUT2D eigenvalue weighted by Gasteiger charge is -2.32. The van der Waals surface area contributed by atoms with Crippen molar-refractivity contribution in [3.63, 3.8) is 0 Å². The van der Waals surface area contributed by atoms with Gasteiger partial charge < -0.3 is 10.2 Å². The molecule has 10 heteroatoms. The second kappa shape index (κ2) is 13.6. The number of halogens is 2. The van der Waals surface area contributed by atoms with Crippen molar-refractivity contribution in [2.45, 2.75) is 45.2 Å². The van der Waals surface area contributed by atoms with E-state index in [4.69, 9.17) is 0 Å². The van der Waals surface area contributed by atoms with E-state index in [0.717, 1.165) is 19.9 Å². The minimum atomic E-state index is -4.11. The highest BCUT2D eigenvalue weighted by atomic mass is 79.9. The van der Waals surface area contributed by atoms with Crippen molar-refractivity contribution >= 4 is 59.4 Å². The van der Waals surface area contributed by atoms with Crippen molar-refractivity contribution in [1.82, 2.24) is 10.2 Å². The first-order valence-electron chi connectivity index (χ1n) is 12.5. The van der Waals surface area contributed by atoms with Gasteiger partial charge in [0, 0.05) is 22.0 Å². The average Bonchev–Trinajstić information content (AvgIpc) is 2.88. The number of sulfonamides is 1. The smallest absolute Gasteiger partial charge is 0.264 e. The van der Waals surface area contributed by atoms with E-state index in [0.29, 0.717) is 16.7 Å². The molecule has 39 heavy (non-hydrogen) atoms. The number of benzene rings is 3. The summed E-state index contributed by atoms with van der Waals surface area (Å²) in [6, 6.07) is 19.9. The van der Waals surface area contributed by atoms with E-state index in [1.807, 2.05) is 45.0 Å². The molecule has 3 aromatic carbocycles. The highest BCUT2D eigenvalue weighted by molar-refractivity contribution is 9.10. The number of aryl methyl sites for hydroxylation is 1. The van der Waals surface area contributed by atoms with Crippen LogP contribution in [0.25, 0.3) is 0 Å². The summed E-state index contributed by atoms with van der Waals surface area (Å²) in [5.74, 6) is -0.567. The number of carbonyl (C=O) groups is 2. The number of rotatable bonds is 11. The highest BCUT2D eigenvalue weighted by Gasteiger charge is 2.32. The zero-order valence-corrected chi connectivity index (χ0v) is 26.4. The minimum absolute atomic E-state index is 0.0714. The zero-order chi connectivity index (χ0) is 28.7. The molecule has 7 nitrogen and oxygen atoms in total. The Hall–Kier alpha value is -2.69. The predicted octanol–water partition coefficient (Wildman–Crippen LogP) is 5.90. The van der Waals surface area contributed by atoms with Crippen LogP contribution >= 0.6 is 31.9 Å². The van der Waals surface area contributed by atoms with Crippen molar-refractivity contribution in [2.75, 3.05) is 17.4 Å². The lowest BCUT2D eigenvalue weighted by Crippen LogP contribution is -2.51. The minimum Gasteiger partial charge on any atom is -0.354 e. The van der Waals surface area contributed by atoms with E-state index in [2.05, 4.69) is 37.2 Å². The standard InChI is InChI=1S/C29H33Br2N3O4S/c1-20(2)17-32-29(36)22(4)33(18-23-7-5-8-24(30)15-23)28(35)19-34(26-10-6-9-25(31)16-26)39(37,38)27-13-11-21(3)12-14-27/h5-16,20,22H,17-19H2,1-4H3,(H,32,36). The van der Waals surface area contributed by atoms with Crippen molar-refractivity contribution in [3.8, 4) is 0 Å². The number of nitrogens with zero attached hydrogens (tertiary/aromatic N) is 2. The molecule has 3 rings (SSSR count). The molecule has 0 aromatic heterocycles. The molecule has 208 valence electrons. The fourth-order valence-corrected chi connectivity index (χ4v) is 6.10. The number of nitrogens with one attached hydrogen (secondary N) is 1. The van der Waals surface area contributed by atoms with Crippen LogP contribution in [0.5, 0.6) is 0 Å². The van der Waals surface area contributed by atoms with E-state index in [1.165, 1.54) is 17.0 Å². The summed E-state index contributed by atoms with van der Waals surface area (Å²) in [5.41, 5.74) is 2.05. The van der Waals surface area contributed by atoms with Crippen molar-refractivity contribution < 1.29 is 18.0 Å². The number of carbonyl (C=O) groups excluding carboxylic acids is 2. The second-order valence-corrected chi connectivity index (χ2v) is 13.5. The third-order valence-corrected chi connectivity index (χ3v) is 8.85. The van der Waals surface area contributed by atoms with E-state index in [1.54, 1.807) is 43.3 Å². The second-order valence-electron chi connectivity index (χ2n) is 9.77. The number of anilines is 1. The topological polar surface area (TPSA) is 86.8 Å². The SMILES string of the molecule is Cc1ccc(S(=O)(=O)N(CC(=O)N(Cc2cccc(Br)c2)C(C)C(=O)NCC(C)C)c2cccc(Br)c2)cc1. The van der Waals surface area contributed by atoms with Gasteiger partial charge in [-0.15, -0.1) is 0 Å². The fourth-order valence-electron chi connectivity index (χ4n) is 3.86. The largest absolute Gasteiger partial charge is 0.354 e. The summed E-state index contributed by atoms with van der Waals surface area (Å²) in [4.78, 5) is 28.5. The van der Waals surface area contributed by atoms with Crippen molar-refractivity contribution in [3.05, 3.63) is 92.9 Å². The van der Waals surface area contributed by atoms with Gasteiger partial charge in [0.25, 0.3) is 10.0 Å². The van der Waals surface area contributed by atoms with E-state index in [9.17, 15) is 18.0 Å². The number of hydrogen-bond donors (Lipinski definition) is 1. The van der Waals surface area contributed by atoms with Gasteiger partial charge in [-0.25, -0.2) is 8.42 Å². The maximum absolute atomic E-state index is 13.9. The number of amides is 2. The van der Waals surface area contributed by atoms with Gasteiger partial charge in [0.1, 0.15) is 12.6 Å². The third-order valence-electron chi connectivity index (χ3n) is 6.08. The van der Waals surface area contributed by atoms with Gasteiger partial charge in [-0.05, 0) is 67.8 Å². The van der Waals surface area contributed by atoms with Crippen LogP contribution in [0, 0.1) is 12.8 Å². The molecule has 0 heterocycles. The Morgan fingerprint density at radius 2 is 1.51 bits per heavy atom. The summed E-state index contributed by atoms with van der Waals surface area (Å²) in [5, 5.41) is 2.89. The van der Waals surface area contributed by atoms with E-state index in [-0.39, 0.29) is 23.3 Å². The Labute approximate surface area is 247 Å². The van der Waals surface area contributed by atoms with Gasteiger partial charge in [0.2, 0.25) is 11.8 Å². The van der Waals surface area contributed by atoms with Gasteiger partial charge in [-0.3, -0.25) is 13.9 Å². The van der Waals surface area contributed by atoms with Crippen LogP contribution in [-0.2, 0) is 26.2 Å². The molecular formula is C29H33Br2N3O4S. The van der Waals surface area contributed by atoms with Gasteiger partial charge in [-0.2, -0.15) is 0 Å². The molecule has 0 aliphatic heterocycles. The summed E-state index contributed by atoms with van der Waals surface area (Å²) in [6.07, 6.45) is 0. The first kappa shape index (κ1) is 30.8. The zero-order valence-electron chi connectivity index (χ0n) is 22.4. The average molecular weight is 679 g/mol. The predicted molar refractivity (Wildman–Crippen MR) is 162 cm³/mol. The quantitative estimate of drug-likeness (QED) is 0.274. The van der Waals surface area contributed by atoms with E-state index >= 15 is 0 Å². The first-order valence-corrected chi connectivity index (χ1v) is 15.6. The monoisotopic (exact) mass is 677 g/mol. The van der Waals surface area contributed by atoms with E-state index < -0.39 is 28.5 Å². The molecule has 0 aliphatic carbocycles. The molecule has 0 bridgehead atoms. The normalized spacial score (nSPS) is 12.2. The highest BCUT2D eigenvalue weighted by Crippen LogP contribution is 2.27. The maximum Gasteiger partial charge on any atom is 0.264 e. The molecular weight excluding hydrogens is 646 g/mol. The van der Waals surface area contributed by atoms with Gasteiger partial charge >= 0.3 is 0 Å². The van der Waals surface area contributed by atoms with Gasteiger partial charge in [0.05, 0.1) is 10.6 Å². The molecule has 3 aromatic rings. The summed E-state index contributed by atoms with van der Waals surface area (Å²) >= 11 is 6.86. The Balaban J connectivity index is 2.01. The third kappa shape index (κ3) is 8.40. The van der Waals surface area contributed by atoms with Crippen LogP contribution in [0.2, 0.25) is 0 Å². The van der Waals surface area contributed by atoms with Crippen molar-refractivity contribution in [1.29, 1.82) is 0 Å². The lowest BCUT2D eigenvalue weighted by atomic mass is 10.1. The molecule has 1 unspecified atom stereocenters. The molecule has 0 spiro atoms. The van der Waals surface area contributed by atoms with Crippen molar-refractivity contribution in [2.24, 2.45) is 5.92 Å². The Bertz CT molecular complexity index is 1410. The lowest BCUT2D eigenvalue weighted by molar-refractivity contribution is -0.139. The molecule has 0 fully saturated rings. The molecule has 2 amide bonds. The Morgan fingerprint density at radius 1 is 0.897 bits per heavy atom. The number of hydrogen-bond acceptors (Lipinski definition) is 4. The summed E-state index contributed by atoms with van der Waals surface area (Å²) < 4.78 is 30.3. The Kier molecular flexibility index (Phi) is 10.7. The maximum atomic E-state index is 13.9. The molecule has 0 aliphatic rings. The van der Waals surface area contributed by atoms with Crippen LogP contribution in [0.15, 0.2) is 86.6 Å². The fraction of sp³-hybridized carbons (Fsp3) is 0.310. The molecule has 1 atom stereocenters. The van der Waals surface area contributed by atoms with Crippen LogP contribution < -0.4 is 9.62 Å². The van der Waals surface area contributed by atoms with Crippen LogP contribution in [0.1, 0.15) is 31.9 Å². The summed E-state index contributed by atoms with van der Waals surface area (Å²) in [6.45, 7) is 7.62. The van der Waals surface area contributed by atoms with Crippen LogP contribution in [0.4, 0.5) is 5.69 Å². The van der Waals surface area contributed by atoms with Crippen LogP contribution in [0.3, 0.4) is 0 Å². The molecule has 0 saturated heterocycles. The first-order chi connectivity index (χ1) is 18.4. The van der Waals surface area contributed by atoms with Gasteiger partial charge in [0.15, 0.2) is 0 Å². The van der Waals surface area contributed by atoms with Crippen LogP contribution in [-0.4, -0.2) is 44.3 Å². The molecule has 1 N–H and O–H groups in total.